The molecule has 0 unspecified atom stereocenters. The number of unbranched alkanes of at least 4 members (excludes halogenated alkanes) is 1. The van der Waals surface area contributed by atoms with Crippen molar-refractivity contribution in [1.29, 1.82) is 0 Å². The van der Waals surface area contributed by atoms with E-state index in [-0.39, 0.29) is 4.99 Å². The molecule has 0 bridgehead atoms. The number of nitrogens with zero attached hydrogens (tertiary/aromatic N) is 2. The monoisotopic (exact) mass is 284 g/mol. The van der Waals surface area contributed by atoms with Crippen LogP contribution in [0.3, 0.4) is 0 Å². The number of ether oxygens (including phenoxy) is 2. The zero-order valence-electron chi connectivity index (χ0n) is 11.1. The summed E-state index contributed by atoms with van der Waals surface area (Å²) in [6, 6.07) is 1.69. The maximum Gasteiger partial charge on any atom is 0.223 e. The maximum absolute atomic E-state index is 5.50. The molecular weight excluding hydrogens is 264 g/mol. The van der Waals surface area contributed by atoms with Crippen LogP contribution in [0.4, 0.5) is 5.95 Å². The standard InChI is InChI=1S/C12H20N4O2S/c1-17-8-9-18-7-3-2-5-14-12-15-6-4-10(16-12)11(13)19/h4,6H,2-3,5,7-9H2,1H3,(H2,13,19)(H,14,15,16). The zero-order chi connectivity index (χ0) is 13.9. The third-order valence-corrected chi connectivity index (χ3v) is 2.55. The first-order valence-corrected chi connectivity index (χ1v) is 6.58. The second kappa shape index (κ2) is 9.60. The van der Waals surface area contributed by atoms with Crippen LogP contribution < -0.4 is 11.1 Å². The smallest absolute Gasteiger partial charge is 0.223 e. The van der Waals surface area contributed by atoms with Gasteiger partial charge in [0.1, 0.15) is 10.7 Å². The third kappa shape index (κ3) is 7.00. The summed E-state index contributed by atoms with van der Waals surface area (Å²) in [7, 11) is 1.66. The lowest BCUT2D eigenvalue weighted by atomic mass is 10.3. The molecule has 0 aliphatic heterocycles. The fraction of sp³-hybridized carbons (Fsp3) is 0.583. The molecule has 0 amide bonds. The van der Waals surface area contributed by atoms with E-state index in [0.717, 1.165) is 26.0 Å². The molecule has 3 N–H and O–H groups in total. The summed E-state index contributed by atoms with van der Waals surface area (Å²) in [5.41, 5.74) is 6.08. The molecule has 106 valence electrons. The summed E-state index contributed by atoms with van der Waals surface area (Å²) in [6.07, 6.45) is 3.59. The summed E-state index contributed by atoms with van der Waals surface area (Å²) in [5, 5.41) is 3.12. The summed E-state index contributed by atoms with van der Waals surface area (Å²) < 4.78 is 10.2. The molecule has 0 aliphatic carbocycles. The lowest BCUT2D eigenvalue weighted by molar-refractivity contribution is 0.0691. The van der Waals surface area contributed by atoms with Crippen molar-refractivity contribution in [2.75, 3.05) is 38.8 Å². The Morgan fingerprint density at radius 2 is 2.21 bits per heavy atom. The largest absolute Gasteiger partial charge is 0.388 e. The van der Waals surface area contributed by atoms with Crippen LogP contribution in [0, 0.1) is 0 Å². The van der Waals surface area contributed by atoms with Crippen LogP contribution >= 0.6 is 12.2 Å². The molecule has 0 saturated carbocycles. The van der Waals surface area contributed by atoms with Gasteiger partial charge in [0.2, 0.25) is 5.95 Å². The van der Waals surface area contributed by atoms with E-state index in [0.29, 0.717) is 24.9 Å². The van der Waals surface area contributed by atoms with Gasteiger partial charge in [0.25, 0.3) is 0 Å². The molecule has 6 nitrogen and oxygen atoms in total. The Kier molecular flexibility index (Phi) is 7.95. The molecule has 0 spiro atoms. The average Bonchev–Trinajstić information content (AvgIpc) is 2.42. The van der Waals surface area contributed by atoms with Gasteiger partial charge in [0, 0.05) is 26.5 Å². The number of anilines is 1. The van der Waals surface area contributed by atoms with E-state index < -0.39 is 0 Å². The summed E-state index contributed by atoms with van der Waals surface area (Å²) in [6.45, 7) is 2.80. The Labute approximate surface area is 118 Å². The Bertz CT molecular complexity index is 390. The number of rotatable bonds is 10. The highest BCUT2D eigenvalue weighted by atomic mass is 32.1. The first-order valence-electron chi connectivity index (χ1n) is 6.17. The van der Waals surface area contributed by atoms with Gasteiger partial charge in [-0.25, -0.2) is 9.97 Å². The Morgan fingerprint density at radius 1 is 1.37 bits per heavy atom. The van der Waals surface area contributed by atoms with E-state index in [1.165, 1.54) is 0 Å². The number of nitrogens with one attached hydrogen (secondary N) is 1. The third-order valence-electron chi connectivity index (χ3n) is 2.34. The first kappa shape index (κ1) is 15.7. The van der Waals surface area contributed by atoms with Crippen molar-refractivity contribution in [2.24, 2.45) is 5.73 Å². The molecule has 0 atom stereocenters. The van der Waals surface area contributed by atoms with E-state index in [4.69, 9.17) is 27.4 Å². The molecule has 1 aromatic rings. The molecule has 1 aromatic heterocycles. The Morgan fingerprint density at radius 3 is 2.95 bits per heavy atom. The predicted octanol–water partition coefficient (Wildman–Crippen LogP) is 0.966. The normalized spacial score (nSPS) is 10.4. The van der Waals surface area contributed by atoms with Crippen molar-refractivity contribution in [3.63, 3.8) is 0 Å². The highest BCUT2D eigenvalue weighted by Gasteiger charge is 2.00. The fourth-order valence-corrected chi connectivity index (χ4v) is 1.47. The number of methoxy groups -OCH3 is 1. The fourth-order valence-electron chi connectivity index (χ4n) is 1.35. The summed E-state index contributed by atoms with van der Waals surface area (Å²) in [5.74, 6) is 0.547. The van der Waals surface area contributed by atoms with Crippen molar-refractivity contribution >= 4 is 23.2 Å². The van der Waals surface area contributed by atoms with E-state index in [9.17, 15) is 0 Å². The molecule has 19 heavy (non-hydrogen) atoms. The van der Waals surface area contributed by atoms with Gasteiger partial charge in [0.05, 0.1) is 13.2 Å². The van der Waals surface area contributed by atoms with Crippen LogP contribution in [0.1, 0.15) is 18.5 Å². The predicted molar refractivity (Wildman–Crippen MR) is 78.3 cm³/mol. The molecule has 0 radical (unpaired) electrons. The number of nitrogens with two attached hydrogens (primary N) is 1. The second-order valence-corrected chi connectivity index (χ2v) is 4.31. The average molecular weight is 284 g/mol. The topological polar surface area (TPSA) is 82.3 Å². The number of hydrogen-bond acceptors (Lipinski definition) is 6. The molecule has 1 rings (SSSR count). The van der Waals surface area contributed by atoms with Crippen molar-refractivity contribution in [2.45, 2.75) is 12.8 Å². The van der Waals surface area contributed by atoms with Gasteiger partial charge in [-0.15, -0.1) is 0 Å². The Balaban J connectivity index is 2.12. The van der Waals surface area contributed by atoms with Crippen LogP contribution in [-0.4, -0.2) is 48.4 Å². The van der Waals surface area contributed by atoms with Gasteiger partial charge >= 0.3 is 0 Å². The molecular formula is C12H20N4O2S. The van der Waals surface area contributed by atoms with Crippen molar-refractivity contribution in [3.8, 4) is 0 Å². The van der Waals surface area contributed by atoms with E-state index in [2.05, 4.69) is 15.3 Å². The van der Waals surface area contributed by atoms with Crippen molar-refractivity contribution in [1.82, 2.24) is 9.97 Å². The van der Waals surface area contributed by atoms with Gasteiger partial charge in [-0.05, 0) is 18.9 Å². The molecule has 7 heteroatoms. The van der Waals surface area contributed by atoms with Gasteiger partial charge in [-0.1, -0.05) is 12.2 Å². The van der Waals surface area contributed by atoms with E-state index in [1.807, 2.05) is 0 Å². The number of hydrogen-bond donors (Lipinski definition) is 2. The quantitative estimate of drug-likeness (QED) is 0.489. The number of thiocarbonyl (C=S) groups is 1. The minimum absolute atomic E-state index is 0.275. The lowest BCUT2D eigenvalue weighted by Crippen LogP contribution is -2.14. The van der Waals surface area contributed by atoms with Crippen LogP contribution in [0.2, 0.25) is 0 Å². The van der Waals surface area contributed by atoms with E-state index >= 15 is 0 Å². The van der Waals surface area contributed by atoms with Crippen LogP contribution in [0.25, 0.3) is 0 Å². The van der Waals surface area contributed by atoms with Gasteiger partial charge in [0.15, 0.2) is 0 Å². The summed E-state index contributed by atoms with van der Waals surface area (Å²) in [4.78, 5) is 8.56. The van der Waals surface area contributed by atoms with Gasteiger partial charge < -0.3 is 20.5 Å². The van der Waals surface area contributed by atoms with E-state index in [1.54, 1.807) is 19.4 Å². The van der Waals surface area contributed by atoms with Gasteiger partial charge in [-0.3, -0.25) is 0 Å². The summed E-state index contributed by atoms with van der Waals surface area (Å²) >= 11 is 4.86. The van der Waals surface area contributed by atoms with Crippen molar-refractivity contribution < 1.29 is 9.47 Å². The zero-order valence-corrected chi connectivity index (χ0v) is 11.9. The van der Waals surface area contributed by atoms with Crippen LogP contribution in [0.15, 0.2) is 12.3 Å². The molecule has 1 heterocycles. The second-order valence-electron chi connectivity index (χ2n) is 3.87. The first-order chi connectivity index (χ1) is 9.24. The van der Waals surface area contributed by atoms with Crippen molar-refractivity contribution in [3.05, 3.63) is 18.0 Å². The van der Waals surface area contributed by atoms with Gasteiger partial charge in [-0.2, -0.15) is 0 Å². The molecule has 0 aliphatic rings. The van der Waals surface area contributed by atoms with Crippen LogP contribution in [-0.2, 0) is 9.47 Å². The number of aromatic nitrogens is 2. The lowest BCUT2D eigenvalue weighted by Gasteiger charge is -2.06. The highest BCUT2D eigenvalue weighted by Crippen LogP contribution is 2.01. The molecule has 0 fully saturated rings. The van der Waals surface area contributed by atoms with Crippen LogP contribution in [0.5, 0.6) is 0 Å². The minimum Gasteiger partial charge on any atom is -0.388 e. The highest BCUT2D eigenvalue weighted by molar-refractivity contribution is 7.80. The molecule has 0 aromatic carbocycles. The Hall–Kier alpha value is -1.31. The minimum atomic E-state index is 0.275. The SMILES string of the molecule is COCCOCCCCNc1nccc(C(N)=S)n1. The maximum atomic E-state index is 5.50. The molecule has 0 saturated heterocycles.